The average Bonchev–Trinajstić information content (AvgIpc) is 3.42. The molecule has 2 aromatic heterocycles. The van der Waals surface area contributed by atoms with Crippen molar-refractivity contribution in [3.8, 4) is 0 Å². The number of benzene rings is 1. The van der Waals surface area contributed by atoms with Gasteiger partial charge in [0.2, 0.25) is 0 Å². The molecule has 1 fully saturated rings. The highest BCUT2D eigenvalue weighted by Crippen LogP contribution is 2.31. The molecule has 186 valence electrons. The third kappa shape index (κ3) is 6.48. The number of rotatable bonds is 8. The minimum absolute atomic E-state index is 0.318. The van der Waals surface area contributed by atoms with Crippen LogP contribution in [0.25, 0.3) is 0 Å². The SMILES string of the molecule is CCOC(=O)c1cc(Cc2ccccc2)sc1NC(=S)N1CCN(Cc2cn(CC)nc2C)CC1. The molecule has 1 N–H and O–H groups in total. The van der Waals surface area contributed by atoms with Gasteiger partial charge in [0.1, 0.15) is 5.00 Å². The topological polar surface area (TPSA) is 62.6 Å². The zero-order chi connectivity index (χ0) is 24.8. The van der Waals surface area contributed by atoms with Crippen LogP contribution in [0.3, 0.4) is 0 Å². The zero-order valence-electron chi connectivity index (χ0n) is 20.6. The van der Waals surface area contributed by atoms with Gasteiger partial charge in [0, 0.05) is 62.3 Å². The van der Waals surface area contributed by atoms with Crippen molar-refractivity contribution in [1.82, 2.24) is 19.6 Å². The van der Waals surface area contributed by atoms with Gasteiger partial charge in [-0.1, -0.05) is 30.3 Å². The number of piperazine rings is 1. The first kappa shape index (κ1) is 25.3. The van der Waals surface area contributed by atoms with Gasteiger partial charge < -0.3 is 15.0 Å². The van der Waals surface area contributed by atoms with Crippen molar-refractivity contribution >= 4 is 39.6 Å². The van der Waals surface area contributed by atoms with E-state index in [2.05, 4.69) is 52.4 Å². The van der Waals surface area contributed by atoms with Crippen LogP contribution in [0, 0.1) is 6.92 Å². The molecular formula is C26H33N5O2S2. The molecule has 0 atom stereocenters. The van der Waals surface area contributed by atoms with Crippen LogP contribution in [-0.4, -0.2) is 63.4 Å². The van der Waals surface area contributed by atoms with Crippen molar-refractivity contribution in [2.24, 2.45) is 0 Å². The lowest BCUT2D eigenvalue weighted by molar-refractivity contribution is 0.0528. The van der Waals surface area contributed by atoms with E-state index in [9.17, 15) is 4.79 Å². The van der Waals surface area contributed by atoms with E-state index in [1.165, 1.54) is 11.1 Å². The standard InChI is InChI=1S/C26H33N5O2S2/c1-4-31-18-21(19(3)28-31)17-29-11-13-30(14-12-29)26(34)27-24-23(25(32)33-5-2)16-22(35-24)15-20-9-7-6-8-10-20/h6-10,16,18H,4-5,11-15,17H2,1-3H3,(H,27,34). The molecule has 9 heteroatoms. The number of nitrogens with one attached hydrogen (secondary N) is 1. The number of ether oxygens (including phenoxy) is 1. The van der Waals surface area contributed by atoms with Crippen LogP contribution in [0.4, 0.5) is 5.00 Å². The fraction of sp³-hybridized carbons (Fsp3) is 0.423. The fourth-order valence-electron chi connectivity index (χ4n) is 4.18. The van der Waals surface area contributed by atoms with E-state index in [1.54, 1.807) is 11.3 Å². The second kappa shape index (κ2) is 11.8. The summed E-state index contributed by atoms with van der Waals surface area (Å²) in [5.41, 5.74) is 4.13. The lowest BCUT2D eigenvalue weighted by Crippen LogP contribution is -2.49. The number of thiophene rings is 1. The monoisotopic (exact) mass is 511 g/mol. The quantitative estimate of drug-likeness (QED) is 0.352. The molecule has 0 bridgehead atoms. The fourth-order valence-corrected chi connectivity index (χ4v) is 5.61. The maximum Gasteiger partial charge on any atom is 0.341 e. The van der Waals surface area contributed by atoms with Crippen molar-refractivity contribution in [2.45, 2.75) is 40.3 Å². The van der Waals surface area contributed by atoms with Gasteiger partial charge in [0.15, 0.2) is 5.11 Å². The number of hydrogen-bond donors (Lipinski definition) is 1. The Kier molecular flexibility index (Phi) is 8.54. The smallest absolute Gasteiger partial charge is 0.341 e. The van der Waals surface area contributed by atoms with Gasteiger partial charge in [0.05, 0.1) is 17.9 Å². The number of nitrogens with zero attached hydrogens (tertiary/aromatic N) is 4. The van der Waals surface area contributed by atoms with E-state index in [0.717, 1.165) is 61.3 Å². The van der Waals surface area contributed by atoms with E-state index in [-0.39, 0.29) is 5.97 Å². The van der Waals surface area contributed by atoms with Crippen molar-refractivity contribution in [3.63, 3.8) is 0 Å². The first-order valence-electron chi connectivity index (χ1n) is 12.1. The third-order valence-corrected chi connectivity index (χ3v) is 7.56. The molecule has 3 heterocycles. The van der Waals surface area contributed by atoms with Gasteiger partial charge in [-0.2, -0.15) is 5.10 Å². The van der Waals surface area contributed by atoms with Crippen LogP contribution >= 0.6 is 23.6 Å². The van der Waals surface area contributed by atoms with Crippen molar-refractivity contribution in [3.05, 3.63) is 69.9 Å². The Morgan fingerprint density at radius 1 is 1.17 bits per heavy atom. The summed E-state index contributed by atoms with van der Waals surface area (Å²) >= 11 is 7.31. The molecule has 0 unspecified atom stereocenters. The number of esters is 1. The van der Waals surface area contributed by atoms with E-state index < -0.39 is 0 Å². The van der Waals surface area contributed by atoms with Crippen LogP contribution in [-0.2, 0) is 24.2 Å². The van der Waals surface area contributed by atoms with Crippen LogP contribution < -0.4 is 5.32 Å². The molecule has 0 spiro atoms. The molecule has 0 amide bonds. The van der Waals surface area contributed by atoms with Crippen molar-refractivity contribution in [2.75, 3.05) is 38.1 Å². The molecule has 1 aromatic carbocycles. The number of carbonyl (C=O) groups is 1. The van der Waals surface area contributed by atoms with Gasteiger partial charge in [-0.15, -0.1) is 11.3 Å². The molecule has 3 aromatic rings. The molecular weight excluding hydrogens is 478 g/mol. The number of carbonyl (C=O) groups excluding carboxylic acids is 1. The first-order chi connectivity index (χ1) is 17.0. The Balaban J connectivity index is 1.38. The van der Waals surface area contributed by atoms with E-state index in [4.69, 9.17) is 17.0 Å². The summed E-state index contributed by atoms with van der Waals surface area (Å²) < 4.78 is 7.30. The molecule has 1 saturated heterocycles. The van der Waals surface area contributed by atoms with Crippen molar-refractivity contribution in [1.29, 1.82) is 0 Å². The number of aryl methyl sites for hydroxylation is 2. The molecule has 35 heavy (non-hydrogen) atoms. The largest absolute Gasteiger partial charge is 0.462 e. The molecule has 0 saturated carbocycles. The zero-order valence-corrected chi connectivity index (χ0v) is 22.3. The number of aromatic nitrogens is 2. The predicted molar refractivity (Wildman–Crippen MR) is 145 cm³/mol. The second-order valence-corrected chi connectivity index (χ2v) is 10.2. The van der Waals surface area contributed by atoms with E-state index in [0.29, 0.717) is 17.3 Å². The Labute approximate surface area is 216 Å². The highest BCUT2D eigenvalue weighted by Gasteiger charge is 2.23. The van der Waals surface area contributed by atoms with Crippen LogP contribution in [0.1, 0.15) is 45.9 Å². The summed E-state index contributed by atoms with van der Waals surface area (Å²) in [7, 11) is 0. The summed E-state index contributed by atoms with van der Waals surface area (Å²) in [4.78, 5) is 18.3. The summed E-state index contributed by atoms with van der Waals surface area (Å²) in [5, 5.41) is 9.32. The van der Waals surface area contributed by atoms with Crippen LogP contribution in [0.15, 0.2) is 42.6 Å². The Hall–Kier alpha value is -2.75. The normalized spacial score (nSPS) is 14.2. The van der Waals surface area contributed by atoms with Gasteiger partial charge in [0.25, 0.3) is 0 Å². The van der Waals surface area contributed by atoms with E-state index >= 15 is 0 Å². The Morgan fingerprint density at radius 3 is 2.57 bits per heavy atom. The Morgan fingerprint density at radius 2 is 1.91 bits per heavy atom. The minimum atomic E-state index is -0.318. The lowest BCUT2D eigenvalue weighted by Gasteiger charge is -2.36. The first-order valence-corrected chi connectivity index (χ1v) is 13.3. The summed E-state index contributed by atoms with van der Waals surface area (Å²) in [5.74, 6) is -0.318. The molecule has 7 nitrogen and oxygen atoms in total. The van der Waals surface area contributed by atoms with Crippen LogP contribution in [0.2, 0.25) is 0 Å². The lowest BCUT2D eigenvalue weighted by atomic mass is 10.1. The Bertz CT molecular complexity index is 1150. The summed E-state index contributed by atoms with van der Waals surface area (Å²) in [6.07, 6.45) is 2.91. The maximum absolute atomic E-state index is 12.6. The number of anilines is 1. The van der Waals surface area contributed by atoms with Gasteiger partial charge in [-0.05, 0) is 44.6 Å². The highest BCUT2D eigenvalue weighted by atomic mass is 32.1. The van der Waals surface area contributed by atoms with E-state index in [1.807, 2.05) is 35.9 Å². The summed E-state index contributed by atoms with van der Waals surface area (Å²) in [6, 6.07) is 12.2. The predicted octanol–water partition coefficient (Wildman–Crippen LogP) is 4.56. The van der Waals surface area contributed by atoms with Gasteiger partial charge in [-0.25, -0.2) is 4.79 Å². The average molecular weight is 512 g/mol. The minimum Gasteiger partial charge on any atom is -0.462 e. The molecule has 0 radical (unpaired) electrons. The molecule has 1 aliphatic rings. The summed E-state index contributed by atoms with van der Waals surface area (Å²) in [6.45, 7) is 11.7. The highest BCUT2D eigenvalue weighted by molar-refractivity contribution is 7.80. The maximum atomic E-state index is 12.6. The van der Waals surface area contributed by atoms with Gasteiger partial charge >= 0.3 is 5.97 Å². The van der Waals surface area contributed by atoms with Crippen molar-refractivity contribution < 1.29 is 9.53 Å². The van der Waals surface area contributed by atoms with Gasteiger partial charge in [-0.3, -0.25) is 9.58 Å². The number of thiocarbonyl (C=S) groups is 1. The number of hydrogen-bond acceptors (Lipinski definition) is 6. The third-order valence-electron chi connectivity index (χ3n) is 6.15. The second-order valence-electron chi connectivity index (χ2n) is 8.63. The molecule has 4 rings (SSSR count). The van der Waals surface area contributed by atoms with Crippen LogP contribution in [0.5, 0.6) is 0 Å². The molecule has 1 aliphatic heterocycles. The molecule has 0 aliphatic carbocycles.